The zero-order chi connectivity index (χ0) is 20.1. The van der Waals surface area contributed by atoms with Gasteiger partial charge in [0.2, 0.25) is 0 Å². The predicted molar refractivity (Wildman–Crippen MR) is 111 cm³/mol. The molecule has 0 spiro atoms. The number of benzene rings is 3. The Balaban J connectivity index is 1.48. The van der Waals surface area contributed by atoms with Crippen LogP contribution in [0.1, 0.15) is 23.5 Å². The highest BCUT2D eigenvalue weighted by Gasteiger charge is 2.31. The van der Waals surface area contributed by atoms with Crippen LogP contribution in [-0.2, 0) is 6.54 Å². The Morgan fingerprint density at radius 3 is 2.17 bits per heavy atom. The van der Waals surface area contributed by atoms with E-state index in [2.05, 4.69) is 4.90 Å². The molecule has 29 heavy (non-hydrogen) atoms. The van der Waals surface area contributed by atoms with Crippen LogP contribution in [-0.4, -0.2) is 24.6 Å². The molecule has 1 saturated heterocycles. The van der Waals surface area contributed by atoms with Gasteiger partial charge in [-0.3, -0.25) is 4.90 Å². The third-order valence-corrected chi connectivity index (χ3v) is 5.64. The van der Waals surface area contributed by atoms with Crippen LogP contribution in [0.4, 0.5) is 8.78 Å². The first-order valence-corrected chi connectivity index (χ1v) is 10.1. The number of rotatable bonds is 6. The Labute approximate surface area is 170 Å². The normalized spacial score (nSPS) is 19.8. The molecule has 2 atom stereocenters. The Morgan fingerprint density at radius 2 is 1.48 bits per heavy atom. The van der Waals surface area contributed by atoms with E-state index in [9.17, 15) is 8.78 Å². The molecule has 3 aromatic carbocycles. The summed E-state index contributed by atoms with van der Waals surface area (Å²) < 4.78 is 32.7. The van der Waals surface area contributed by atoms with Crippen molar-refractivity contribution in [2.75, 3.05) is 19.7 Å². The number of hydrogen-bond acceptors (Lipinski definition) is 2. The van der Waals surface area contributed by atoms with Gasteiger partial charge in [0, 0.05) is 19.0 Å². The van der Waals surface area contributed by atoms with Gasteiger partial charge in [-0.05, 0) is 66.4 Å². The van der Waals surface area contributed by atoms with Crippen molar-refractivity contribution in [3.8, 4) is 5.75 Å². The Morgan fingerprint density at radius 1 is 0.828 bits per heavy atom. The monoisotopic (exact) mass is 393 g/mol. The minimum absolute atomic E-state index is 0.209. The van der Waals surface area contributed by atoms with Gasteiger partial charge in [-0.25, -0.2) is 8.78 Å². The molecular formula is C25H25F2NO. The van der Waals surface area contributed by atoms with Gasteiger partial charge in [0.15, 0.2) is 0 Å². The third-order valence-electron chi connectivity index (χ3n) is 5.64. The SMILES string of the molecule is Fc1ccc(CN2CC[C@H](c3ccc(F)cc3)[C@@H](COc3ccccc3)C2)cc1. The van der Waals surface area contributed by atoms with Gasteiger partial charge in [0.1, 0.15) is 17.4 Å². The van der Waals surface area contributed by atoms with E-state index in [4.69, 9.17) is 4.74 Å². The van der Waals surface area contributed by atoms with Crippen LogP contribution in [0.5, 0.6) is 5.75 Å². The second kappa shape index (κ2) is 9.19. The van der Waals surface area contributed by atoms with Crippen molar-refractivity contribution in [2.45, 2.75) is 18.9 Å². The Bertz CT molecular complexity index is 896. The molecule has 1 fully saturated rings. The summed E-state index contributed by atoms with van der Waals surface area (Å²) in [6, 6.07) is 23.4. The number of halogens is 2. The highest BCUT2D eigenvalue weighted by atomic mass is 19.1. The number of ether oxygens (including phenoxy) is 1. The molecule has 0 aromatic heterocycles. The van der Waals surface area contributed by atoms with Crippen molar-refractivity contribution in [3.05, 3.63) is 102 Å². The molecule has 0 bridgehead atoms. The molecule has 0 unspecified atom stereocenters. The van der Waals surface area contributed by atoms with E-state index < -0.39 is 0 Å². The topological polar surface area (TPSA) is 12.5 Å². The van der Waals surface area contributed by atoms with Crippen molar-refractivity contribution >= 4 is 0 Å². The minimum atomic E-state index is -0.210. The molecule has 0 amide bonds. The predicted octanol–water partition coefficient (Wildman–Crippen LogP) is 5.65. The standard InChI is InChI=1S/C25H25F2NO/c26-22-10-6-19(7-11-22)16-28-15-14-25(20-8-12-23(27)13-9-20)21(17-28)18-29-24-4-2-1-3-5-24/h1-13,21,25H,14-18H2/t21-,25-/m1/s1. The molecule has 150 valence electrons. The summed E-state index contributed by atoms with van der Waals surface area (Å²) in [5.41, 5.74) is 2.27. The lowest BCUT2D eigenvalue weighted by atomic mass is 9.80. The molecule has 2 nitrogen and oxygen atoms in total. The molecule has 4 heteroatoms. The summed E-state index contributed by atoms with van der Waals surface area (Å²) in [6.07, 6.45) is 0.982. The smallest absolute Gasteiger partial charge is 0.123 e. The van der Waals surface area contributed by atoms with Gasteiger partial charge in [0.25, 0.3) is 0 Å². The first-order valence-electron chi connectivity index (χ1n) is 10.1. The van der Waals surface area contributed by atoms with E-state index in [1.807, 2.05) is 54.6 Å². The van der Waals surface area contributed by atoms with Crippen molar-refractivity contribution < 1.29 is 13.5 Å². The number of piperidine rings is 1. The lowest BCUT2D eigenvalue weighted by molar-refractivity contribution is 0.106. The summed E-state index contributed by atoms with van der Waals surface area (Å²) in [6.45, 7) is 3.22. The molecule has 3 aromatic rings. The second-order valence-corrected chi connectivity index (χ2v) is 7.69. The van der Waals surface area contributed by atoms with E-state index in [1.165, 1.54) is 24.3 Å². The van der Waals surface area contributed by atoms with Crippen LogP contribution < -0.4 is 4.74 Å². The van der Waals surface area contributed by atoms with Crippen LogP contribution in [0, 0.1) is 17.6 Å². The quantitative estimate of drug-likeness (QED) is 0.537. The van der Waals surface area contributed by atoms with E-state index >= 15 is 0 Å². The molecule has 1 aliphatic rings. The van der Waals surface area contributed by atoms with E-state index in [1.54, 1.807) is 0 Å². The zero-order valence-electron chi connectivity index (χ0n) is 16.3. The van der Waals surface area contributed by atoms with Crippen molar-refractivity contribution in [2.24, 2.45) is 5.92 Å². The summed E-state index contributed by atoms with van der Waals surface area (Å²) in [5.74, 6) is 1.05. The van der Waals surface area contributed by atoms with E-state index in [-0.39, 0.29) is 17.6 Å². The average molecular weight is 393 g/mol. The average Bonchev–Trinajstić information content (AvgIpc) is 2.75. The maximum absolute atomic E-state index is 13.4. The molecule has 0 N–H and O–H groups in total. The Kier molecular flexibility index (Phi) is 6.20. The second-order valence-electron chi connectivity index (χ2n) is 7.69. The molecule has 1 aliphatic heterocycles. The van der Waals surface area contributed by atoms with Crippen LogP contribution in [0.25, 0.3) is 0 Å². The fraction of sp³-hybridized carbons (Fsp3) is 0.280. The summed E-state index contributed by atoms with van der Waals surface area (Å²) in [7, 11) is 0. The van der Waals surface area contributed by atoms with Crippen molar-refractivity contribution in [3.63, 3.8) is 0 Å². The van der Waals surface area contributed by atoms with Gasteiger partial charge in [-0.1, -0.05) is 42.5 Å². The highest BCUT2D eigenvalue weighted by molar-refractivity contribution is 5.24. The van der Waals surface area contributed by atoms with Crippen molar-refractivity contribution in [1.82, 2.24) is 4.90 Å². The van der Waals surface area contributed by atoms with Crippen LogP contribution in [0.2, 0.25) is 0 Å². The van der Waals surface area contributed by atoms with Gasteiger partial charge in [-0.2, -0.15) is 0 Å². The van der Waals surface area contributed by atoms with Gasteiger partial charge < -0.3 is 4.74 Å². The van der Waals surface area contributed by atoms with E-state index in [0.29, 0.717) is 12.5 Å². The molecule has 0 saturated carbocycles. The number of nitrogens with zero attached hydrogens (tertiary/aromatic N) is 1. The van der Waals surface area contributed by atoms with Crippen LogP contribution in [0.15, 0.2) is 78.9 Å². The molecule has 1 heterocycles. The van der Waals surface area contributed by atoms with Crippen LogP contribution >= 0.6 is 0 Å². The highest BCUT2D eigenvalue weighted by Crippen LogP contribution is 2.34. The van der Waals surface area contributed by atoms with Gasteiger partial charge >= 0.3 is 0 Å². The lowest BCUT2D eigenvalue weighted by Crippen LogP contribution is -2.41. The van der Waals surface area contributed by atoms with Gasteiger partial charge in [0.05, 0.1) is 6.61 Å². The maximum atomic E-state index is 13.4. The molecule has 0 aliphatic carbocycles. The van der Waals surface area contributed by atoms with Crippen molar-refractivity contribution in [1.29, 1.82) is 0 Å². The molecular weight excluding hydrogens is 368 g/mol. The number of para-hydroxylation sites is 1. The maximum Gasteiger partial charge on any atom is 0.123 e. The molecule has 0 radical (unpaired) electrons. The first kappa shape index (κ1) is 19.6. The summed E-state index contributed by atoms with van der Waals surface area (Å²) >= 11 is 0. The molecule has 4 rings (SSSR count). The third kappa shape index (κ3) is 5.21. The van der Waals surface area contributed by atoms with Crippen LogP contribution in [0.3, 0.4) is 0 Å². The first-order chi connectivity index (χ1) is 14.2. The zero-order valence-corrected chi connectivity index (χ0v) is 16.3. The lowest BCUT2D eigenvalue weighted by Gasteiger charge is -2.39. The number of hydrogen-bond donors (Lipinski definition) is 0. The minimum Gasteiger partial charge on any atom is -0.493 e. The Hall–Kier alpha value is -2.72. The van der Waals surface area contributed by atoms with E-state index in [0.717, 1.165) is 42.9 Å². The largest absolute Gasteiger partial charge is 0.493 e. The number of likely N-dealkylation sites (tertiary alicyclic amines) is 1. The fourth-order valence-corrected chi connectivity index (χ4v) is 4.14. The van der Waals surface area contributed by atoms with Gasteiger partial charge in [-0.15, -0.1) is 0 Å². The fourth-order valence-electron chi connectivity index (χ4n) is 4.14. The summed E-state index contributed by atoms with van der Waals surface area (Å²) in [4.78, 5) is 2.40. The summed E-state index contributed by atoms with van der Waals surface area (Å²) in [5, 5.41) is 0.